The summed E-state index contributed by atoms with van der Waals surface area (Å²) in [5.41, 5.74) is 0.499. The van der Waals surface area contributed by atoms with Gasteiger partial charge in [-0.25, -0.2) is 0 Å². The van der Waals surface area contributed by atoms with Gasteiger partial charge in [0.2, 0.25) is 0 Å². The zero-order chi connectivity index (χ0) is 12.9. The summed E-state index contributed by atoms with van der Waals surface area (Å²) in [6, 6.07) is 0. The third kappa shape index (κ3) is 4.94. The van der Waals surface area contributed by atoms with Gasteiger partial charge >= 0.3 is 0 Å². The highest BCUT2D eigenvalue weighted by atomic mass is 28.3. The molecule has 1 saturated heterocycles. The minimum atomic E-state index is -1.16. The summed E-state index contributed by atoms with van der Waals surface area (Å²) in [4.78, 5) is 0. The lowest BCUT2D eigenvalue weighted by Gasteiger charge is -2.17. The van der Waals surface area contributed by atoms with Crippen molar-refractivity contribution in [3.63, 3.8) is 0 Å². The number of hydrogen-bond donors (Lipinski definition) is 0. The highest BCUT2D eigenvalue weighted by Gasteiger charge is 2.52. The Morgan fingerprint density at radius 2 is 2.06 bits per heavy atom. The third-order valence-corrected chi connectivity index (χ3v) is 5.44. The van der Waals surface area contributed by atoms with E-state index in [-0.39, 0.29) is 6.10 Å². The number of epoxide rings is 1. The number of ether oxygens (including phenoxy) is 2. The Bertz CT molecular complexity index is 235. The van der Waals surface area contributed by atoms with E-state index in [1.165, 1.54) is 19.3 Å². The molecule has 0 aromatic heterocycles. The first-order valence-corrected chi connectivity index (χ1v) is 10.5. The maximum Gasteiger partial charge on any atom is 0.107 e. The van der Waals surface area contributed by atoms with Gasteiger partial charge in [-0.05, 0) is 6.42 Å². The molecule has 1 rings (SSSR count). The van der Waals surface area contributed by atoms with E-state index in [0.717, 1.165) is 6.42 Å². The summed E-state index contributed by atoms with van der Waals surface area (Å²) in [6.45, 7) is 13.7. The minimum absolute atomic E-state index is 0.288. The minimum Gasteiger partial charge on any atom is -0.371 e. The molecule has 1 aliphatic heterocycles. The van der Waals surface area contributed by atoms with Crippen LogP contribution >= 0.6 is 0 Å². The van der Waals surface area contributed by atoms with E-state index in [2.05, 4.69) is 33.1 Å². The lowest BCUT2D eigenvalue weighted by Crippen LogP contribution is -2.34. The molecule has 0 unspecified atom stereocenters. The fourth-order valence-corrected chi connectivity index (χ4v) is 4.00. The van der Waals surface area contributed by atoms with Crippen LogP contribution in [0.1, 0.15) is 32.6 Å². The van der Waals surface area contributed by atoms with Crippen LogP contribution in [0, 0.1) is 0 Å². The molecule has 17 heavy (non-hydrogen) atoms. The van der Waals surface area contributed by atoms with Crippen LogP contribution in [0.5, 0.6) is 0 Å². The molecule has 1 aliphatic rings. The first kappa shape index (κ1) is 14.9. The quantitative estimate of drug-likeness (QED) is 0.271. The first-order valence-electron chi connectivity index (χ1n) is 6.88. The monoisotopic (exact) mass is 256 g/mol. The molecule has 0 saturated carbocycles. The van der Waals surface area contributed by atoms with Crippen LogP contribution in [0.3, 0.4) is 0 Å². The summed E-state index contributed by atoms with van der Waals surface area (Å²) in [5.74, 6) is 0. The Labute approximate surface area is 107 Å². The molecular formula is C14H28O2Si. The second-order valence-electron chi connectivity index (χ2n) is 6.04. The zero-order valence-electron chi connectivity index (χ0n) is 11.9. The van der Waals surface area contributed by atoms with E-state index < -0.39 is 8.07 Å². The fraction of sp³-hybridized carbons (Fsp3) is 0.857. The van der Waals surface area contributed by atoms with Gasteiger partial charge in [0.15, 0.2) is 0 Å². The Balaban J connectivity index is 2.39. The molecule has 3 heteroatoms. The summed E-state index contributed by atoms with van der Waals surface area (Å²) in [6.07, 6.45) is 7.41. The van der Waals surface area contributed by atoms with E-state index in [1.54, 1.807) is 0 Å². The van der Waals surface area contributed by atoms with Crippen LogP contribution in [0.15, 0.2) is 12.7 Å². The van der Waals surface area contributed by atoms with Crippen LogP contribution in [0.2, 0.25) is 19.6 Å². The number of hydrogen-bond acceptors (Lipinski definition) is 2. The van der Waals surface area contributed by atoms with E-state index in [1.807, 2.05) is 6.08 Å². The summed E-state index contributed by atoms with van der Waals surface area (Å²) in [5, 5.41) is 0. The Kier molecular flexibility index (Phi) is 5.90. The average Bonchev–Trinajstić information content (AvgIpc) is 3.02. The van der Waals surface area contributed by atoms with E-state index in [0.29, 0.717) is 18.4 Å². The van der Waals surface area contributed by atoms with Crippen molar-refractivity contribution in [2.45, 2.75) is 70.2 Å². The van der Waals surface area contributed by atoms with Gasteiger partial charge in [0.05, 0.1) is 26.5 Å². The van der Waals surface area contributed by atoms with Crippen molar-refractivity contribution in [3.8, 4) is 0 Å². The molecule has 0 aromatic rings. The maximum absolute atomic E-state index is 5.87. The fourth-order valence-electron chi connectivity index (χ4n) is 2.23. The van der Waals surface area contributed by atoms with E-state index in [9.17, 15) is 0 Å². The van der Waals surface area contributed by atoms with Gasteiger partial charge in [-0.3, -0.25) is 0 Å². The van der Waals surface area contributed by atoms with Gasteiger partial charge in [0, 0.05) is 0 Å². The Hall–Kier alpha value is -0.123. The van der Waals surface area contributed by atoms with Crippen molar-refractivity contribution in [3.05, 3.63) is 12.7 Å². The zero-order valence-corrected chi connectivity index (χ0v) is 12.9. The highest BCUT2D eigenvalue weighted by molar-refractivity contribution is 6.78. The van der Waals surface area contributed by atoms with Crippen LogP contribution in [0.25, 0.3) is 0 Å². The second-order valence-corrected chi connectivity index (χ2v) is 11.3. The van der Waals surface area contributed by atoms with Crippen LogP contribution in [0.4, 0.5) is 0 Å². The summed E-state index contributed by atoms with van der Waals surface area (Å²) in [7, 11) is -1.16. The van der Waals surface area contributed by atoms with E-state index >= 15 is 0 Å². The predicted molar refractivity (Wildman–Crippen MR) is 76.1 cm³/mol. The van der Waals surface area contributed by atoms with Gasteiger partial charge in [-0.1, -0.05) is 51.9 Å². The van der Waals surface area contributed by atoms with Gasteiger partial charge in [-0.2, -0.15) is 0 Å². The normalized spacial score (nSPS) is 25.6. The van der Waals surface area contributed by atoms with Gasteiger partial charge in [0.1, 0.15) is 6.10 Å². The van der Waals surface area contributed by atoms with Crippen molar-refractivity contribution < 1.29 is 9.47 Å². The van der Waals surface area contributed by atoms with Crippen molar-refractivity contribution in [1.82, 2.24) is 0 Å². The van der Waals surface area contributed by atoms with Gasteiger partial charge < -0.3 is 9.47 Å². The van der Waals surface area contributed by atoms with Crippen molar-refractivity contribution in [1.29, 1.82) is 0 Å². The summed E-state index contributed by atoms with van der Waals surface area (Å²) >= 11 is 0. The van der Waals surface area contributed by atoms with Gasteiger partial charge in [-0.15, -0.1) is 6.58 Å². The molecule has 0 radical (unpaired) electrons. The first-order chi connectivity index (χ1) is 8.00. The molecule has 0 spiro atoms. The Morgan fingerprint density at radius 1 is 1.35 bits per heavy atom. The molecule has 0 aliphatic carbocycles. The molecule has 100 valence electrons. The van der Waals surface area contributed by atoms with Gasteiger partial charge in [0.25, 0.3) is 0 Å². The molecule has 3 atom stereocenters. The number of rotatable bonds is 9. The molecule has 1 heterocycles. The molecule has 0 amide bonds. The molecule has 1 fully saturated rings. The topological polar surface area (TPSA) is 21.8 Å². The summed E-state index contributed by atoms with van der Waals surface area (Å²) < 4.78 is 11.7. The second kappa shape index (κ2) is 6.71. The predicted octanol–water partition coefficient (Wildman–Crippen LogP) is 3.78. The van der Waals surface area contributed by atoms with Crippen molar-refractivity contribution in [2.75, 3.05) is 6.61 Å². The van der Waals surface area contributed by atoms with Crippen LogP contribution < -0.4 is 0 Å². The standard InChI is InChI=1S/C14H28O2Si/c1-6-8-9-10-12(15-11-7-2)13-14(16-13)17(3,4)5/h7,12-14H,2,6,8-11H2,1,3-5H3/t12-,13-,14-/m0/s1. The maximum atomic E-state index is 5.87. The SMILES string of the molecule is C=CCO[C@@H](CCCCC)[C@@H]1O[C@H]1[Si](C)(C)C. The smallest absolute Gasteiger partial charge is 0.107 e. The van der Waals surface area contributed by atoms with Crippen LogP contribution in [-0.2, 0) is 9.47 Å². The molecule has 2 nitrogen and oxygen atoms in total. The third-order valence-electron chi connectivity index (χ3n) is 3.27. The van der Waals surface area contributed by atoms with Crippen LogP contribution in [-0.4, -0.2) is 32.6 Å². The Morgan fingerprint density at radius 3 is 2.53 bits per heavy atom. The highest BCUT2D eigenvalue weighted by Crippen LogP contribution is 2.36. The molecule has 0 bridgehead atoms. The molecular weight excluding hydrogens is 228 g/mol. The van der Waals surface area contributed by atoms with Crippen molar-refractivity contribution in [2.24, 2.45) is 0 Å². The molecule has 0 aromatic carbocycles. The largest absolute Gasteiger partial charge is 0.371 e. The average molecular weight is 256 g/mol. The van der Waals surface area contributed by atoms with Crippen molar-refractivity contribution >= 4 is 8.07 Å². The number of unbranched alkanes of at least 4 members (excludes halogenated alkanes) is 2. The lowest BCUT2D eigenvalue weighted by molar-refractivity contribution is 0.0439. The van der Waals surface area contributed by atoms with E-state index in [4.69, 9.17) is 9.47 Å². The lowest BCUT2D eigenvalue weighted by atomic mass is 10.1. The molecule has 0 N–H and O–H groups in total.